The third-order valence-electron chi connectivity index (χ3n) is 2.95. The van der Waals surface area contributed by atoms with Gasteiger partial charge in [-0.2, -0.15) is 0 Å². The lowest BCUT2D eigenvalue weighted by Crippen LogP contribution is -2.07. The maximum Gasteiger partial charge on any atom is 0.229 e. The lowest BCUT2D eigenvalue weighted by Gasteiger charge is -2.12. The first-order valence-electron chi connectivity index (χ1n) is 5.87. The largest absolute Gasteiger partial charge is 0.264 e. The van der Waals surface area contributed by atoms with Gasteiger partial charge in [-0.3, -0.25) is 10.1 Å². The first-order chi connectivity index (χ1) is 7.62. The van der Waals surface area contributed by atoms with E-state index in [0.717, 1.165) is 36.0 Å². The monoisotopic (exact) mass is 221 g/mol. The molecule has 16 heavy (non-hydrogen) atoms. The Hall–Kier alpha value is -1.38. The predicted octanol–water partition coefficient (Wildman–Crippen LogP) is 3.15. The van der Waals surface area contributed by atoms with Gasteiger partial charge in [-0.15, -0.1) is 0 Å². The Bertz CT molecular complexity index is 361. The topological polar surface area (TPSA) is 43.1 Å². The molecule has 0 aromatic heterocycles. The Kier molecular flexibility index (Phi) is 4.47. The highest BCUT2D eigenvalue weighted by molar-refractivity contribution is 5.39. The molecule has 1 aromatic carbocycles. The summed E-state index contributed by atoms with van der Waals surface area (Å²) in [6, 6.07) is 4.22. The molecular weight excluding hydrogens is 202 g/mol. The second-order valence-corrected chi connectivity index (χ2v) is 3.94. The predicted molar refractivity (Wildman–Crippen MR) is 65.3 cm³/mol. The normalized spacial score (nSPS) is 10.4. The Balaban J connectivity index is 3.25. The molecule has 0 N–H and O–H groups in total. The van der Waals surface area contributed by atoms with Crippen molar-refractivity contribution in [1.82, 2.24) is 0 Å². The molecule has 0 aliphatic carbocycles. The van der Waals surface area contributed by atoms with E-state index in [9.17, 15) is 10.1 Å². The van der Waals surface area contributed by atoms with Gasteiger partial charge in [0.25, 0.3) is 0 Å². The number of hydrogen-bond acceptors (Lipinski definition) is 2. The molecule has 0 amide bonds. The molecule has 0 unspecified atom stereocenters. The van der Waals surface area contributed by atoms with Crippen LogP contribution in [0, 0.1) is 10.1 Å². The van der Waals surface area contributed by atoms with Crippen LogP contribution in [-0.4, -0.2) is 4.92 Å². The molecule has 0 spiro atoms. The minimum absolute atomic E-state index is 0.0453. The molecule has 1 aromatic rings. The summed E-state index contributed by atoms with van der Waals surface area (Å²) in [7, 11) is 0. The van der Waals surface area contributed by atoms with Crippen molar-refractivity contribution in [3.8, 4) is 0 Å². The zero-order chi connectivity index (χ0) is 12.1. The van der Waals surface area contributed by atoms with Crippen LogP contribution in [0.3, 0.4) is 0 Å². The molecule has 0 aliphatic rings. The first-order valence-corrected chi connectivity index (χ1v) is 5.87. The highest BCUT2D eigenvalue weighted by atomic mass is 16.6. The van der Waals surface area contributed by atoms with E-state index in [1.54, 1.807) is 0 Å². The van der Waals surface area contributed by atoms with Crippen LogP contribution in [0.2, 0.25) is 0 Å². The molecule has 0 bridgehead atoms. The van der Waals surface area contributed by atoms with E-state index in [1.165, 1.54) is 5.56 Å². The van der Waals surface area contributed by atoms with Crippen LogP contribution in [0.15, 0.2) is 12.1 Å². The van der Waals surface area contributed by atoms with E-state index >= 15 is 0 Å². The van der Waals surface area contributed by atoms with Gasteiger partial charge in [0.15, 0.2) is 0 Å². The average molecular weight is 221 g/mol. The molecule has 0 aliphatic heterocycles. The molecule has 88 valence electrons. The van der Waals surface area contributed by atoms with Gasteiger partial charge < -0.3 is 0 Å². The minimum atomic E-state index is -0.237. The summed E-state index contributed by atoms with van der Waals surface area (Å²) < 4.78 is 0. The Labute approximate surface area is 96.6 Å². The summed E-state index contributed by atoms with van der Waals surface area (Å²) in [6.07, 6.45) is 2.72. The fourth-order valence-electron chi connectivity index (χ4n) is 2.04. The summed E-state index contributed by atoms with van der Waals surface area (Å²) in [6.45, 7) is 6.17. The fraction of sp³-hybridized carbons (Fsp3) is 0.538. The van der Waals surface area contributed by atoms with Crippen LogP contribution in [0.5, 0.6) is 0 Å². The standard InChI is InChI=1S/C13H19NO2/c1-4-10-7-11(5-2)13(9-14(15)16)12(6-3)8-10/h7-8H,4-6,9H2,1-3H3. The van der Waals surface area contributed by atoms with Crippen molar-refractivity contribution >= 4 is 0 Å². The van der Waals surface area contributed by atoms with Crippen LogP contribution >= 0.6 is 0 Å². The lowest BCUT2D eigenvalue weighted by molar-refractivity contribution is -0.497. The third-order valence-corrected chi connectivity index (χ3v) is 2.95. The molecular formula is C13H19NO2. The van der Waals surface area contributed by atoms with E-state index in [-0.39, 0.29) is 11.5 Å². The van der Waals surface area contributed by atoms with Gasteiger partial charge in [-0.1, -0.05) is 32.9 Å². The number of benzene rings is 1. The van der Waals surface area contributed by atoms with E-state index < -0.39 is 0 Å². The van der Waals surface area contributed by atoms with Crippen molar-refractivity contribution in [2.24, 2.45) is 0 Å². The maximum atomic E-state index is 10.7. The van der Waals surface area contributed by atoms with E-state index in [4.69, 9.17) is 0 Å². The van der Waals surface area contributed by atoms with Crippen molar-refractivity contribution in [2.45, 2.75) is 46.6 Å². The first kappa shape index (κ1) is 12.7. The molecule has 0 saturated carbocycles. The van der Waals surface area contributed by atoms with Crippen molar-refractivity contribution in [3.63, 3.8) is 0 Å². The van der Waals surface area contributed by atoms with Crippen LogP contribution in [0.4, 0.5) is 0 Å². The number of nitrogens with zero attached hydrogens (tertiary/aromatic N) is 1. The van der Waals surface area contributed by atoms with Gasteiger partial charge in [0.05, 0.1) is 0 Å². The van der Waals surface area contributed by atoms with Gasteiger partial charge in [-0.25, -0.2) is 0 Å². The average Bonchev–Trinajstić information content (AvgIpc) is 2.28. The zero-order valence-electron chi connectivity index (χ0n) is 10.2. The second-order valence-electron chi connectivity index (χ2n) is 3.94. The van der Waals surface area contributed by atoms with Gasteiger partial charge in [-0.05, 0) is 36.0 Å². The molecule has 0 radical (unpaired) electrons. The van der Waals surface area contributed by atoms with Crippen molar-refractivity contribution < 1.29 is 4.92 Å². The summed E-state index contributed by atoms with van der Waals surface area (Å²) in [5.74, 6) is 0. The van der Waals surface area contributed by atoms with E-state index in [1.807, 2.05) is 0 Å². The van der Waals surface area contributed by atoms with E-state index in [2.05, 4.69) is 32.9 Å². The highest BCUT2D eigenvalue weighted by Crippen LogP contribution is 2.20. The number of aryl methyl sites for hydroxylation is 3. The van der Waals surface area contributed by atoms with Crippen molar-refractivity contribution in [2.75, 3.05) is 0 Å². The summed E-state index contributed by atoms with van der Waals surface area (Å²) in [5.41, 5.74) is 4.47. The third kappa shape index (κ3) is 2.81. The van der Waals surface area contributed by atoms with Crippen molar-refractivity contribution in [1.29, 1.82) is 0 Å². The molecule has 0 fully saturated rings. The molecule has 3 heteroatoms. The SMILES string of the molecule is CCc1cc(CC)c(C[N+](=O)[O-])c(CC)c1. The van der Waals surface area contributed by atoms with Crippen LogP contribution in [0.1, 0.15) is 43.0 Å². The molecule has 0 heterocycles. The quantitative estimate of drug-likeness (QED) is 0.566. The molecule has 0 saturated heterocycles. The van der Waals surface area contributed by atoms with Crippen LogP contribution in [-0.2, 0) is 25.8 Å². The van der Waals surface area contributed by atoms with E-state index in [0.29, 0.717) is 0 Å². The minimum Gasteiger partial charge on any atom is -0.264 e. The molecule has 3 nitrogen and oxygen atoms in total. The summed E-state index contributed by atoms with van der Waals surface area (Å²) >= 11 is 0. The van der Waals surface area contributed by atoms with Gasteiger partial charge in [0.1, 0.15) is 0 Å². The van der Waals surface area contributed by atoms with Gasteiger partial charge in [0, 0.05) is 10.5 Å². The summed E-state index contributed by atoms with van der Waals surface area (Å²) in [4.78, 5) is 10.4. The van der Waals surface area contributed by atoms with Gasteiger partial charge in [0.2, 0.25) is 6.54 Å². The van der Waals surface area contributed by atoms with Crippen LogP contribution in [0.25, 0.3) is 0 Å². The lowest BCUT2D eigenvalue weighted by atomic mass is 9.94. The zero-order valence-corrected chi connectivity index (χ0v) is 10.2. The Morgan fingerprint density at radius 3 is 1.88 bits per heavy atom. The number of rotatable bonds is 5. The smallest absolute Gasteiger partial charge is 0.229 e. The van der Waals surface area contributed by atoms with Crippen LogP contribution < -0.4 is 0 Å². The highest BCUT2D eigenvalue weighted by Gasteiger charge is 2.13. The second kappa shape index (κ2) is 5.64. The summed E-state index contributed by atoms with van der Waals surface area (Å²) in [5, 5.41) is 10.7. The van der Waals surface area contributed by atoms with Crippen molar-refractivity contribution in [3.05, 3.63) is 44.5 Å². The Morgan fingerprint density at radius 1 is 1.06 bits per heavy atom. The maximum absolute atomic E-state index is 10.7. The number of nitro groups is 1. The Morgan fingerprint density at radius 2 is 1.56 bits per heavy atom. The fourth-order valence-corrected chi connectivity index (χ4v) is 2.04. The molecule has 1 rings (SSSR count). The van der Waals surface area contributed by atoms with Gasteiger partial charge >= 0.3 is 0 Å². The molecule has 0 atom stereocenters. The number of hydrogen-bond donors (Lipinski definition) is 0.